The van der Waals surface area contributed by atoms with Crippen LogP contribution < -0.4 is 5.32 Å². The second-order valence-electron chi connectivity index (χ2n) is 8.88. The van der Waals surface area contributed by atoms with Crippen LogP contribution in [0.15, 0.2) is 48.5 Å². The summed E-state index contributed by atoms with van der Waals surface area (Å²) in [7, 11) is 1.86. The molecule has 1 N–H and O–H groups in total. The van der Waals surface area contributed by atoms with Gasteiger partial charge in [0.25, 0.3) is 5.24 Å². The van der Waals surface area contributed by atoms with Gasteiger partial charge in [0.1, 0.15) is 0 Å². The van der Waals surface area contributed by atoms with Gasteiger partial charge in [-0.25, -0.2) is 0 Å². The maximum atomic E-state index is 12.8. The Kier molecular flexibility index (Phi) is 7.30. The monoisotopic (exact) mass is 450 g/mol. The first kappa shape index (κ1) is 22.6. The maximum Gasteiger partial charge on any atom is 0.286 e. The summed E-state index contributed by atoms with van der Waals surface area (Å²) in [5, 5.41) is 1.65. The minimum atomic E-state index is -0.424. The van der Waals surface area contributed by atoms with Gasteiger partial charge in [-0.05, 0) is 47.1 Å². The molecule has 0 spiro atoms. The normalized spacial score (nSPS) is 18.7. The highest BCUT2D eigenvalue weighted by molar-refractivity contribution is 8.15. The molecule has 1 saturated carbocycles. The van der Waals surface area contributed by atoms with Gasteiger partial charge in [0.2, 0.25) is 11.8 Å². The van der Waals surface area contributed by atoms with E-state index in [0.29, 0.717) is 25.3 Å². The topological polar surface area (TPSA) is 66.5 Å². The summed E-state index contributed by atoms with van der Waals surface area (Å²) in [6.07, 6.45) is 7.11. The van der Waals surface area contributed by atoms with Gasteiger partial charge in [0.05, 0.1) is 5.25 Å². The molecule has 1 aliphatic carbocycles. The van der Waals surface area contributed by atoms with Crippen LogP contribution in [0.4, 0.5) is 4.79 Å². The molecule has 0 bridgehead atoms. The van der Waals surface area contributed by atoms with Gasteiger partial charge in [0, 0.05) is 20.0 Å². The lowest BCUT2D eigenvalue weighted by atomic mass is 9.96. The predicted octanol–water partition coefficient (Wildman–Crippen LogP) is 5.18. The van der Waals surface area contributed by atoms with E-state index in [9.17, 15) is 14.4 Å². The van der Waals surface area contributed by atoms with Crippen LogP contribution in [0.3, 0.4) is 0 Å². The highest BCUT2D eigenvalue weighted by Crippen LogP contribution is 2.30. The molecule has 32 heavy (non-hydrogen) atoms. The summed E-state index contributed by atoms with van der Waals surface area (Å²) in [5.74, 6) is 0.620. The fraction of sp³-hybridized carbons (Fsp3) is 0.423. The third-order valence-corrected chi connectivity index (χ3v) is 7.54. The quantitative estimate of drug-likeness (QED) is 0.602. The molecular weight excluding hydrogens is 420 g/mol. The van der Waals surface area contributed by atoms with Crippen LogP contribution in [0.5, 0.6) is 0 Å². The highest BCUT2D eigenvalue weighted by atomic mass is 32.2. The lowest BCUT2D eigenvalue weighted by Crippen LogP contribution is -2.28. The van der Waals surface area contributed by atoms with Gasteiger partial charge in [-0.1, -0.05) is 79.9 Å². The highest BCUT2D eigenvalue weighted by Gasteiger charge is 2.32. The van der Waals surface area contributed by atoms with Crippen molar-refractivity contribution in [2.24, 2.45) is 5.92 Å². The first-order valence-electron chi connectivity index (χ1n) is 11.4. The Morgan fingerprint density at radius 1 is 1.03 bits per heavy atom. The lowest BCUT2D eigenvalue weighted by Gasteiger charge is -2.21. The SMILES string of the molecule is CN(Cc1cc(-c2ccccc2)ccc1CC1SC(=O)NC1=O)C(=O)CCC1CCCC1. The number of imide groups is 1. The Morgan fingerprint density at radius 3 is 2.47 bits per heavy atom. The molecule has 1 aliphatic heterocycles. The van der Waals surface area contributed by atoms with E-state index in [1.807, 2.05) is 31.3 Å². The molecule has 2 fully saturated rings. The number of rotatable bonds is 8. The van der Waals surface area contributed by atoms with Crippen molar-refractivity contribution in [3.63, 3.8) is 0 Å². The standard InChI is InChI=1S/C26H30N2O3S/c1-28(24(29)14-11-18-7-5-6-8-18)17-22-15-20(19-9-3-2-4-10-19)12-13-21(22)16-23-25(30)27-26(31)32-23/h2-4,9-10,12-13,15,18,23H,5-8,11,14,16-17H2,1H3,(H,27,30,31). The van der Waals surface area contributed by atoms with Gasteiger partial charge >= 0.3 is 0 Å². The Labute approximate surface area is 194 Å². The lowest BCUT2D eigenvalue weighted by molar-refractivity contribution is -0.130. The van der Waals surface area contributed by atoms with Crippen molar-refractivity contribution in [3.8, 4) is 11.1 Å². The van der Waals surface area contributed by atoms with Crippen LogP contribution >= 0.6 is 11.8 Å². The Balaban J connectivity index is 1.51. The van der Waals surface area contributed by atoms with E-state index in [1.54, 1.807) is 4.90 Å². The number of benzene rings is 2. The summed E-state index contributed by atoms with van der Waals surface area (Å²) in [5.41, 5.74) is 4.22. The zero-order valence-corrected chi connectivity index (χ0v) is 19.3. The molecule has 2 aromatic carbocycles. The number of nitrogens with one attached hydrogen (secondary N) is 1. The van der Waals surface area contributed by atoms with Crippen LogP contribution in [0.25, 0.3) is 11.1 Å². The fourth-order valence-electron chi connectivity index (χ4n) is 4.67. The molecule has 1 saturated heterocycles. The molecule has 0 radical (unpaired) electrons. The first-order valence-corrected chi connectivity index (χ1v) is 12.3. The van der Waals surface area contributed by atoms with Crippen LogP contribution in [-0.4, -0.2) is 34.3 Å². The summed E-state index contributed by atoms with van der Waals surface area (Å²) in [6, 6.07) is 16.3. The molecule has 2 aromatic rings. The molecule has 3 amide bonds. The summed E-state index contributed by atoms with van der Waals surface area (Å²) in [6.45, 7) is 0.493. The van der Waals surface area contributed by atoms with Crippen molar-refractivity contribution < 1.29 is 14.4 Å². The van der Waals surface area contributed by atoms with E-state index in [2.05, 4.69) is 29.6 Å². The third-order valence-electron chi connectivity index (χ3n) is 6.56. The second-order valence-corrected chi connectivity index (χ2v) is 10.1. The molecule has 5 nitrogen and oxygen atoms in total. The Bertz CT molecular complexity index is 986. The maximum absolute atomic E-state index is 12.8. The Hall–Kier alpha value is -2.60. The largest absolute Gasteiger partial charge is 0.341 e. The van der Waals surface area contributed by atoms with E-state index in [1.165, 1.54) is 25.7 Å². The average Bonchev–Trinajstić information content (AvgIpc) is 3.43. The summed E-state index contributed by atoms with van der Waals surface area (Å²) in [4.78, 5) is 38.3. The van der Waals surface area contributed by atoms with Crippen molar-refractivity contribution in [2.45, 2.75) is 56.7 Å². The van der Waals surface area contributed by atoms with Gasteiger partial charge in [-0.2, -0.15) is 0 Å². The minimum absolute atomic E-state index is 0.163. The first-order chi connectivity index (χ1) is 15.5. The number of thioether (sulfide) groups is 1. The number of hydrogen-bond acceptors (Lipinski definition) is 4. The number of carbonyl (C=O) groups excluding carboxylic acids is 3. The van der Waals surface area contributed by atoms with E-state index >= 15 is 0 Å². The molecule has 0 aromatic heterocycles. The number of amides is 3. The van der Waals surface area contributed by atoms with Crippen LogP contribution in [0.1, 0.15) is 49.7 Å². The number of carbonyl (C=O) groups is 3. The molecule has 4 rings (SSSR count). The smallest absolute Gasteiger partial charge is 0.286 e. The molecule has 1 heterocycles. The van der Waals surface area contributed by atoms with Crippen LogP contribution in [0.2, 0.25) is 0 Å². The minimum Gasteiger partial charge on any atom is -0.341 e. The summed E-state index contributed by atoms with van der Waals surface area (Å²) >= 11 is 1.05. The van der Waals surface area contributed by atoms with Gasteiger partial charge in [-0.15, -0.1) is 0 Å². The fourth-order valence-corrected chi connectivity index (χ4v) is 5.52. The average molecular weight is 451 g/mol. The molecular formula is C26H30N2O3S. The molecule has 1 unspecified atom stereocenters. The van der Waals surface area contributed by atoms with E-state index in [0.717, 1.165) is 40.4 Å². The second kappa shape index (κ2) is 10.3. The van der Waals surface area contributed by atoms with Crippen LogP contribution in [-0.2, 0) is 22.6 Å². The van der Waals surface area contributed by atoms with E-state index < -0.39 is 5.25 Å². The molecule has 1 atom stereocenters. The van der Waals surface area contributed by atoms with Crippen molar-refractivity contribution in [1.82, 2.24) is 10.2 Å². The van der Waals surface area contributed by atoms with Crippen LogP contribution in [0, 0.1) is 5.92 Å². The van der Waals surface area contributed by atoms with E-state index in [4.69, 9.17) is 0 Å². The van der Waals surface area contributed by atoms with E-state index in [-0.39, 0.29) is 17.1 Å². The summed E-state index contributed by atoms with van der Waals surface area (Å²) < 4.78 is 0. The van der Waals surface area contributed by atoms with Crippen molar-refractivity contribution in [3.05, 3.63) is 59.7 Å². The number of hydrogen-bond donors (Lipinski definition) is 1. The predicted molar refractivity (Wildman–Crippen MR) is 128 cm³/mol. The molecule has 6 heteroatoms. The van der Waals surface area contributed by atoms with Gasteiger partial charge in [0.15, 0.2) is 0 Å². The van der Waals surface area contributed by atoms with Gasteiger partial charge in [-0.3, -0.25) is 19.7 Å². The Morgan fingerprint density at radius 2 is 1.78 bits per heavy atom. The third kappa shape index (κ3) is 5.60. The van der Waals surface area contributed by atoms with Crippen molar-refractivity contribution in [1.29, 1.82) is 0 Å². The number of nitrogens with zero attached hydrogens (tertiary/aromatic N) is 1. The van der Waals surface area contributed by atoms with Crippen molar-refractivity contribution in [2.75, 3.05) is 7.05 Å². The van der Waals surface area contributed by atoms with Gasteiger partial charge < -0.3 is 4.90 Å². The molecule has 2 aliphatic rings. The van der Waals surface area contributed by atoms with Crippen molar-refractivity contribution >= 4 is 28.8 Å². The zero-order chi connectivity index (χ0) is 22.5. The zero-order valence-electron chi connectivity index (χ0n) is 18.5. The molecule has 168 valence electrons.